The van der Waals surface area contributed by atoms with Crippen molar-refractivity contribution in [1.29, 1.82) is 0 Å². The summed E-state index contributed by atoms with van der Waals surface area (Å²) in [4.78, 5) is 29.0. The number of hydrazone groups is 1. The fourth-order valence-corrected chi connectivity index (χ4v) is 0.316. The van der Waals surface area contributed by atoms with Crippen LogP contribution in [0.5, 0.6) is 0 Å². The molecule has 2 amide bonds. The molecular weight excluding hydrogens is 190 g/mol. The van der Waals surface area contributed by atoms with Gasteiger partial charge in [-0.3, -0.25) is 9.59 Å². The maximum Gasteiger partial charge on any atom is 0.332 e. The Bertz CT molecular complexity index is 233. The van der Waals surface area contributed by atoms with Crippen molar-refractivity contribution in [3.8, 4) is 0 Å². The second-order valence-corrected chi connectivity index (χ2v) is 2.07. The second kappa shape index (κ2) is 9.17. The molecule has 0 atom stereocenters. The summed E-state index contributed by atoms with van der Waals surface area (Å²) in [5.74, 6) is -0.833. The van der Waals surface area contributed by atoms with Crippen LogP contribution in [-0.4, -0.2) is 29.1 Å². The lowest BCUT2D eigenvalue weighted by atomic mass is 10.3. The number of hydrogen-bond donors (Lipinski definition) is 3. The number of aldehydes is 1. The first-order valence-corrected chi connectivity index (χ1v) is 3.70. The maximum absolute atomic E-state index is 10.0. The molecule has 0 aromatic heterocycles. The molecule has 0 bridgehead atoms. The van der Waals surface area contributed by atoms with Gasteiger partial charge >= 0.3 is 6.03 Å². The van der Waals surface area contributed by atoms with E-state index < -0.39 is 12.0 Å². The van der Waals surface area contributed by atoms with Crippen molar-refractivity contribution in [3.63, 3.8) is 0 Å². The van der Waals surface area contributed by atoms with Crippen molar-refractivity contribution >= 4 is 24.0 Å². The van der Waals surface area contributed by atoms with Crippen LogP contribution in [0.1, 0.15) is 20.3 Å². The van der Waals surface area contributed by atoms with Crippen LogP contribution in [-0.2, 0) is 9.59 Å². The number of carbonyl (C=O) groups excluding carboxylic acids is 2. The Morgan fingerprint density at radius 3 is 2.21 bits per heavy atom. The summed E-state index contributed by atoms with van der Waals surface area (Å²) in [5, 5.41) is 10.8. The number of nitrogens with one attached hydrogen (secondary N) is 1. The van der Waals surface area contributed by atoms with Gasteiger partial charge < -0.3 is 10.8 Å². The number of carboxylic acids is 1. The summed E-state index contributed by atoms with van der Waals surface area (Å²) in [7, 11) is 0. The molecule has 0 aromatic carbocycles. The van der Waals surface area contributed by atoms with Gasteiger partial charge in [0.1, 0.15) is 5.71 Å². The van der Waals surface area contributed by atoms with Crippen LogP contribution in [0, 0.1) is 0 Å². The number of nitrogens with two attached hydrogens (primary N) is 1. The van der Waals surface area contributed by atoms with Crippen LogP contribution < -0.4 is 11.2 Å². The third kappa shape index (κ3) is 16.6. The molecule has 0 saturated heterocycles. The molecule has 0 aromatic rings. The second-order valence-electron chi connectivity index (χ2n) is 2.07. The van der Waals surface area contributed by atoms with E-state index in [2.05, 4.69) is 10.8 Å². The third-order valence-corrected chi connectivity index (χ3v) is 0.808. The van der Waals surface area contributed by atoms with Crippen LogP contribution >= 0.6 is 0 Å². The Morgan fingerprint density at radius 1 is 1.57 bits per heavy atom. The predicted molar refractivity (Wildman–Crippen MR) is 49.8 cm³/mol. The Balaban J connectivity index is 0. The van der Waals surface area contributed by atoms with Gasteiger partial charge in [-0.2, -0.15) is 5.10 Å². The summed E-state index contributed by atoms with van der Waals surface area (Å²) in [6.07, 6.45) is 1.04. The zero-order valence-corrected chi connectivity index (χ0v) is 7.98. The molecule has 80 valence electrons. The van der Waals surface area contributed by atoms with Crippen molar-refractivity contribution in [2.75, 3.05) is 0 Å². The molecule has 0 aliphatic rings. The third-order valence-electron chi connectivity index (χ3n) is 0.808. The SMILES string of the molecule is CC(=O)O.CC/C(C=O)=N\NC(N)=O. The van der Waals surface area contributed by atoms with E-state index in [9.17, 15) is 9.59 Å². The Morgan fingerprint density at radius 2 is 2.00 bits per heavy atom. The van der Waals surface area contributed by atoms with Crippen LogP contribution in [0.3, 0.4) is 0 Å². The first-order chi connectivity index (χ1) is 6.43. The molecule has 7 nitrogen and oxygen atoms in total. The van der Waals surface area contributed by atoms with Gasteiger partial charge in [-0.25, -0.2) is 10.2 Å². The quantitative estimate of drug-likeness (QED) is 0.331. The lowest BCUT2D eigenvalue weighted by Crippen LogP contribution is -2.25. The Kier molecular flexibility index (Phi) is 9.56. The molecule has 0 radical (unpaired) electrons. The molecule has 14 heavy (non-hydrogen) atoms. The van der Waals surface area contributed by atoms with E-state index in [1.54, 1.807) is 6.92 Å². The molecule has 0 aliphatic heterocycles. The standard InChI is InChI=1S/C5H9N3O2.C2H4O2/c1-2-4(3-9)7-8-5(6)10;1-2(3)4/h3H,2H2,1H3,(H3,6,8,10);1H3,(H,3,4)/b7-4+;. The monoisotopic (exact) mass is 203 g/mol. The van der Waals surface area contributed by atoms with Crippen molar-refractivity contribution in [2.45, 2.75) is 20.3 Å². The van der Waals surface area contributed by atoms with Gasteiger partial charge in [0.05, 0.1) is 0 Å². The van der Waals surface area contributed by atoms with Gasteiger partial charge in [0.15, 0.2) is 6.29 Å². The highest BCUT2D eigenvalue weighted by Gasteiger charge is 1.92. The number of nitrogens with zero attached hydrogens (tertiary/aromatic N) is 1. The minimum absolute atomic E-state index is 0.263. The first-order valence-electron chi connectivity index (χ1n) is 3.70. The number of amides is 2. The lowest BCUT2D eigenvalue weighted by Gasteiger charge is -1.92. The van der Waals surface area contributed by atoms with E-state index in [0.717, 1.165) is 6.92 Å². The van der Waals surface area contributed by atoms with E-state index in [-0.39, 0.29) is 5.71 Å². The van der Waals surface area contributed by atoms with E-state index in [4.69, 9.17) is 9.90 Å². The number of carbonyl (C=O) groups is 3. The molecule has 0 aliphatic carbocycles. The molecule has 0 heterocycles. The highest BCUT2D eigenvalue weighted by Crippen LogP contribution is 1.77. The number of carboxylic acid groups (broad SMARTS) is 1. The van der Waals surface area contributed by atoms with Gasteiger partial charge in [-0.15, -0.1) is 0 Å². The van der Waals surface area contributed by atoms with Crippen molar-refractivity contribution in [1.82, 2.24) is 5.43 Å². The zero-order valence-electron chi connectivity index (χ0n) is 7.98. The molecule has 0 fully saturated rings. The highest BCUT2D eigenvalue weighted by atomic mass is 16.4. The van der Waals surface area contributed by atoms with Crippen LogP contribution in [0.25, 0.3) is 0 Å². The van der Waals surface area contributed by atoms with Gasteiger partial charge in [-0.05, 0) is 6.42 Å². The van der Waals surface area contributed by atoms with E-state index >= 15 is 0 Å². The smallest absolute Gasteiger partial charge is 0.332 e. The number of aliphatic carboxylic acids is 1. The molecule has 0 unspecified atom stereocenters. The molecule has 0 saturated carbocycles. The summed E-state index contributed by atoms with van der Waals surface area (Å²) in [6, 6.07) is -0.771. The minimum Gasteiger partial charge on any atom is -0.481 e. The maximum atomic E-state index is 10.0. The van der Waals surface area contributed by atoms with Gasteiger partial charge in [0.25, 0.3) is 5.97 Å². The number of primary amides is 1. The summed E-state index contributed by atoms with van der Waals surface area (Å²) in [6.45, 7) is 2.83. The molecule has 0 spiro atoms. The molecule has 7 heteroatoms. The van der Waals surface area contributed by atoms with E-state index in [0.29, 0.717) is 12.7 Å². The predicted octanol–water partition coefficient (Wildman–Crippen LogP) is -0.290. The average Bonchev–Trinajstić information content (AvgIpc) is 2.04. The topological polar surface area (TPSA) is 122 Å². The molecule has 4 N–H and O–H groups in total. The van der Waals surface area contributed by atoms with Gasteiger partial charge in [0, 0.05) is 6.92 Å². The summed E-state index contributed by atoms with van der Waals surface area (Å²) >= 11 is 0. The van der Waals surface area contributed by atoms with Gasteiger partial charge in [-0.1, -0.05) is 6.92 Å². The van der Waals surface area contributed by atoms with Crippen LogP contribution in [0.4, 0.5) is 4.79 Å². The fourth-order valence-electron chi connectivity index (χ4n) is 0.316. The minimum atomic E-state index is -0.833. The average molecular weight is 203 g/mol. The van der Waals surface area contributed by atoms with E-state index in [1.165, 1.54) is 0 Å². The lowest BCUT2D eigenvalue weighted by molar-refractivity contribution is -0.134. The van der Waals surface area contributed by atoms with Crippen LogP contribution in [0.15, 0.2) is 5.10 Å². The van der Waals surface area contributed by atoms with E-state index in [1.807, 2.05) is 5.43 Å². The van der Waals surface area contributed by atoms with Crippen LogP contribution in [0.2, 0.25) is 0 Å². The molecule has 0 rings (SSSR count). The number of hydrogen-bond acceptors (Lipinski definition) is 4. The fraction of sp³-hybridized carbons (Fsp3) is 0.429. The number of urea groups is 1. The number of rotatable bonds is 3. The first kappa shape index (κ1) is 14.6. The molecular formula is C7H13N3O4. The highest BCUT2D eigenvalue weighted by molar-refractivity contribution is 6.28. The summed E-state index contributed by atoms with van der Waals surface area (Å²) in [5.41, 5.74) is 6.88. The van der Waals surface area contributed by atoms with Crippen molar-refractivity contribution < 1.29 is 19.5 Å². The van der Waals surface area contributed by atoms with Gasteiger partial charge in [0.2, 0.25) is 0 Å². The largest absolute Gasteiger partial charge is 0.481 e. The normalized spacial score (nSPS) is 9.43. The summed E-state index contributed by atoms with van der Waals surface area (Å²) < 4.78 is 0. The van der Waals surface area contributed by atoms with Crippen molar-refractivity contribution in [3.05, 3.63) is 0 Å². The zero-order chi connectivity index (χ0) is 11.6. The van der Waals surface area contributed by atoms with Crippen molar-refractivity contribution in [2.24, 2.45) is 10.8 Å². The Labute approximate surface area is 81.0 Å². The Hall–Kier alpha value is -1.92.